The van der Waals surface area contributed by atoms with Gasteiger partial charge in [0.2, 0.25) is 0 Å². The van der Waals surface area contributed by atoms with Gasteiger partial charge in [-0.3, -0.25) is 9.59 Å². The maximum absolute atomic E-state index is 12.4. The van der Waals surface area contributed by atoms with Crippen molar-refractivity contribution in [3.63, 3.8) is 0 Å². The summed E-state index contributed by atoms with van der Waals surface area (Å²) in [5.74, 6) is -3.43. The van der Waals surface area contributed by atoms with Crippen molar-refractivity contribution in [1.29, 1.82) is 0 Å². The summed E-state index contributed by atoms with van der Waals surface area (Å²) in [7, 11) is 0. The Morgan fingerprint density at radius 2 is 2.00 bits per heavy atom. The van der Waals surface area contributed by atoms with Crippen LogP contribution in [0.4, 0.5) is 0 Å². The molecule has 168 valence electrons. The molecule has 2 fully saturated rings. The number of rotatable bonds is 1. The Balaban J connectivity index is 2.20. The van der Waals surface area contributed by atoms with Crippen molar-refractivity contribution in [2.75, 3.05) is 0 Å². The van der Waals surface area contributed by atoms with E-state index >= 15 is 0 Å². The van der Waals surface area contributed by atoms with Crippen LogP contribution in [0.3, 0.4) is 0 Å². The molecule has 1 saturated carbocycles. The number of carbonyl (C=O) groups is 2. The zero-order valence-electron chi connectivity index (χ0n) is 17.7. The zero-order chi connectivity index (χ0) is 22.6. The van der Waals surface area contributed by atoms with Crippen LogP contribution >= 0.6 is 11.6 Å². The van der Waals surface area contributed by atoms with Gasteiger partial charge in [0.25, 0.3) is 0 Å². The van der Waals surface area contributed by atoms with E-state index in [1.807, 2.05) is 6.92 Å². The Hall–Kier alpha value is -1.41. The van der Waals surface area contributed by atoms with E-state index in [2.05, 4.69) is 6.58 Å². The van der Waals surface area contributed by atoms with E-state index < -0.39 is 70.5 Å². The number of carbonyl (C=O) groups excluding carboxylic acids is 2. The van der Waals surface area contributed by atoms with Crippen LogP contribution in [0.25, 0.3) is 0 Å². The molecule has 0 aromatic carbocycles. The van der Waals surface area contributed by atoms with Crippen LogP contribution in [-0.4, -0.2) is 62.7 Å². The minimum absolute atomic E-state index is 0.369. The molecule has 10 atom stereocenters. The second kappa shape index (κ2) is 7.93. The fraction of sp³-hybridized carbons (Fsp3) is 0.727. The second-order valence-corrected chi connectivity index (χ2v) is 9.68. The fourth-order valence-electron chi connectivity index (χ4n) is 5.45. The molecule has 0 aromatic heterocycles. The van der Waals surface area contributed by atoms with Crippen molar-refractivity contribution in [2.24, 2.45) is 23.2 Å². The highest BCUT2D eigenvalue weighted by Crippen LogP contribution is 2.53. The molecule has 8 heteroatoms. The molecule has 3 rings (SSSR count). The summed E-state index contributed by atoms with van der Waals surface area (Å²) in [4.78, 5) is 24.3. The van der Waals surface area contributed by atoms with E-state index in [4.69, 9.17) is 21.1 Å². The van der Waals surface area contributed by atoms with E-state index in [1.54, 1.807) is 19.1 Å². The monoisotopic (exact) mass is 442 g/mol. The first-order valence-electron chi connectivity index (χ1n) is 10.3. The van der Waals surface area contributed by atoms with E-state index in [0.29, 0.717) is 18.4 Å². The molecule has 7 nitrogen and oxygen atoms in total. The molecule has 0 unspecified atom stereocenters. The highest BCUT2D eigenvalue weighted by Gasteiger charge is 2.66. The van der Waals surface area contributed by atoms with Gasteiger partial charge in [-0.05, 0) is 25.7 Å². The number of aliphatic hydroxyl groups is 3. The lowest BCUT2D eigenvalue weighted by Gasteiger charge is -2.53. The molecule has 0 bridgehead atoms. The average molecular weight is 443 g/mol. The van der Waals surface area contributed by atoms with Crippen LogP contribution in [0, 0.1) is 23.2 Å². The standard InChI is InChI=1S/C22H31ClO7/c1-10-6-7-15(29-13(4)24)21(5)9-8-14(25)11(2)16(21)18(26)22(28)12(3)20(27)30-19(22)17(10)23/h8-9,11-12,14-19,25-26,28H,1,6-7H2,2-5H3/t11-,12-,14+,15-,16+,17-,18-,19-,21+,22+/m0/s1. The molecule has 30 heavy (non-hydrogen) atoms. The number of hydrogen-bond donors (Lipinski definition) is 3. The minimum atomic E-state index is -2.00. The topological polar surface area (TPSA) is 113 Å². The van der Waals surface area contributed by atoms with Gasteiger partial charge < -0.3 is 24.8 Å². The van der Waals surface area contributed by atoms with Gasteiger partial charge in [0, 0.05) is 18.3 Å². The average Bonchev–Trinajstić information content (AvgIpc) is 2.91. The number of hydrogen-bond acceptors (Lipinski definition) is 7. The Kier molecular flexibility index (Phi) is 6.15. The lowest BCUT2D eigenvalue weighted by molar-refractivity contribution is -0.195. The Morgan fingerprint density at radius 1 is 1.37 bits per heavy atom. The second-order valence-electron chi connectivity index (χ2n) is 9.21. The van der Waals surface area contributed by atoms with Crippen LogP contribution in [0.15, 0.2) is 24.3 Å². The Bertz CT molecular complexity index is 767. The quantitative estimate of drug-likeness (QED) is 0.322. The van der Waals surface area contributed by atoms with Gasteiger partial charge in [-0.2, -0.15) is 0 Å². The van der Waals surface area contributed by atoms with Crippen LogP contribution in [0.1, 0.15) is 40.5 Å². The largest absolute Gasteiger partial charge is 0.462 e. The van der Waals surface area contributed by atoms with Gasteiger partial charge in [-0.1, -0.05) is 38.2 Å². The first-order valence-corrected chi connectivity index (χ1v) is 10.8. The van der Waals surface area contributed by atoms with Gasteiger partial charge in [0.15, 0.2) is 6.10 Å². The molecule has 0 amide bonds. The molecule has 0 spiro atoms. The molecule has 3 aliphatic rings. The van der Waals surface area contributed by atoms with Gasteiger partial charge >= 0.3 is 11.9 Å². The summed E-state index contributed by atoms with van der Waals surface area (Å²) in [5.41, 5.74) is -2.41. The molecular formula is C22H31ClO7. The molecule has 1 heterocycles. The maximum Gasteiger partial charge on any atom is 0.312 e. The van der Waals surface area contributed by atoms with Gasteiger partial charge in [0.05, 0.1) is 23.5 Å². The Labute approximate surface area is 181 Å². The predicted molar refractivity (Wildman–Crippen MR) is 109 cm³/mol. The smallest absolute Gasteiger partial charge is 0.312 e. The van der Waals surface area contributed by atoms with Crippen LogP contribution in [-0.2, 0) is 19.1 Å². The van der Waals surface area contributed by atoms with Crippen molar-refractivity contribution < 1.29 is 34.4 Å². The Morgan fingerprint density at radius 3 is 2.60 bits per heavy atom. The van der Waals surface area contributed by atoms with Crippen molar-refractivity contribution >= 4 is 23.5 Å². The summed E-state index contributed by atoms with van der Waals surface area (Å²) < 4.78 is 11.1. The molecular weight excluding hydrogens is 412 g/mol. The molecule has 2 aliphatic carbocycles. The van der Waals surface area contributed by atoms with Crippen LogP contribution in [0.5, 0.6) is 0 Å². The zero-order valence-corrected chi connectivity index (χ0v) is 18.5. The van der Waals surface area contributed by atoms with E-state index in [9.17, 15) is 24.9 Å². The molecule has 0 aromatic rings. The summed E-state index contributed by atoms with van der Waals surface area (Å²) >= 11 is 6.57. The third-order valence-electron chi connectivity index (χ3n) is 7.42. The van der Waals surface area contributed by atoms with Gasteiger partial charge in [-0.15, -0.1) is 11.6 Å². The number of esters is 2. The number of fused-ring (bicyclic) bond motifs is 2. The third-order valence-corrected chi connectivity index (χ3v) is 7.96. The van der Waals surface area contributed by atoms with Gasteiger partial charge in [0.1, 0.15) is 11.7 Å². The minimum Gasteiger partial charge on any atom is -0.462 e. The predicted octanol–water partition coefficient (Wildman–Crippen LogP) is 1.72. The SMILES string of the molecule is C=C1CC[C@H](OC(C)=O)[C@@]2(C)C=C[C@@H](O)[C@H](C)[C@@H]2[C@H](O)[C@]2(O)[C@@H](C)C(=O)O[C@H]2[C@H]1Cl. The molecule has 1 saturated heterocycles. The normalized spacial score (nSPS) is 49.1. The highest BCUT2D eigenvalue weighted by molar-refractivity contribution is 6.23. The summed E-state index contributed by atoms with van der Waals surface area (Å²) in [6.07, 6.45) is -0.107. The molecule has 0 radical (unpaired) electrons. The number of ether oxygens (including phenoxy) is 2. The molecule has 3 N–H and O–H groups in total. The summed E-state index contributed by atoms with van der Waals surface area (Å²) in [5, 5.41) is 32.9. The number of halogens is 1. The van der Waals surface area contributed by atoms with E-state index in [-0.39, 0.29) is 0 Å². The lowest BCUT2D eigenvalue weighted by atomic mass is 9.56. The number of aliphatic hydroxyl groups excluding tert-OH is 2. The van der Waals surface area contributed by atoms with Crippen LogP contribution < -0.4 is 0 Å². The first-order chi connectivity index (χ1) is 13.9. The van der Waals surface area contributed by atoms with E-state index in [0.717, 1.165) is 0 Å². The van der Waals surface area contributed by atoms with Crippen molar-refractivity contribution in [3.8, 4) is 0 Å². The third kappa shape index (κ3) is 3.40. The maximum atomic E-state index is 12.4. The summed E-state index contributed by atoms with van der Waals surface area (Å²) in [6.45, 7) is 10.4. The fourth-order valence-corrected chi connectivity index (χ4v) is 5.81. The van der Waals surface area contributed by atoms with Crippen molar-refractivity contribution in [2.45, 2.75) is 75.9 Å². The van der Waals surface area contributed by atoms with Gasteiger partial charge in [-0.25, -0.2) is 0 Å². The van der Waals surface area contributed by atoms with Crippen molar-refractivity contribution in [1.82, 2.24) is 0 Å². The molecule has 1 aliphatic heterocycles. The lowest BCUT2D eigenvalue weighted by Crippen LogP contribution is -2.64. The van der Waals surface area contributed by atoms with Crippen LogP contribution in [0.2, 0.25) is 0 Å². The first kappa shape index (κ1) is 23.3. The van der Waals surface area contributed by atoms with Crippen molar-refractivity contribution in [3.05, 3.63) is 24.3 Å². The summed E-state index contributed by atoms with van der Waals surface area (Å²) in [6, 6.07) is 0. The van der Waals surface area contributed by atoms with E-state index in [1.165, 1.54) is 13.8 Å². The number of alkyl halides is 1. The highest BCUT2D eigenvalue weighted by atomic mass is 35.5.